The summed E-state index contributed by atoms with van der Waals surface area (Å²) in [5.41, 5.74) is 0.288. The van der Waals surface area contributed by atoms with Gasteiger partial charge in [0, 0.05) is 10.6 Å². The average molecular weight is 369 g/mol. The summed E-state index contributed by atoms with van der Waals surface area (Å²) in [5.74, 6) is -0.638. The van der Waals surface area contributed by atoms with Crippen molar-refractivity contribution in [2.45, 2.75) is 0 Å². The minimum atomic E-state index is -0.740. The lowest BCUT2D eigenvalue weighted by Gasteiger charge is -2.12. The number of rotatable bonds is 6. The average Bonchev–Trinajstić information content (AvgIpc) is 2.60. The van der Waals surface area contributed by atoms with Gasteiger partial charge in [0.2, 0.25) is 5.78 Å². The van der Waals surface area contributed by atoms with Crippen molar-refractivity contribution in [3.63, 3.8) is 0 Å². The fraction of sp³-hybridized carbons (Fsp3) is 0.176. The Labute approximate surface area is 149 Å². The Hall–Kier alpha value is -2.24. The molecule has 0 saturated heterocycles. The van der Waals surface area contributed by atoms with Gasteiger partial charge >= 0.3 is 5.97 Å². The first-order chi connectivity index (χ1) is 11.5. The van der Waals surface area contributed by atoms with Crippen LogP contribution in [0, 0.1) is 0 Å². The maximum Gasteiger partial charge on any atom is 0.346 e. The Morgan fingerprint density at radius 3 is 2.21 bits per heavy atom. The first kappa shape index (κ1) is 18.1. The fourth-order valence-electron chi connectivity index (χ4n) is 2.04. The maximum absolute atomic E-state index is 12.3. The van der Waals surface area contributed by atoms with E-state index in [9.17, 15) is 9.59 Å². The number of benzene rings is 2. The van der Waals surface area contributed by atoms with Crippen molar-refractivity contribution in [3.8, 4) is 11.5 Å². The van der Waals surface area contributed by atoms with Gasteiger partial charge in [0.05, 0.1) is 19.2 Å². The molecule has 0 atom stereocenters. The molecule has 7 heteroatoms. The normalized spacial score (nSPS) is 10.2. The summed E-state index contributed by atoms with van der Waals surface area (Å²) in [4.78, 5) is 24.5. The molecule has 0 N–H and O–H groups in total. The molecule has 5 nitrogen and oxygen atoms in total. The van der Waals surface area contributed by atoms with E-state index in [0.29, 0.717) is 5.02 Å². The number of esters is 1. The Morgan fingerprint density at radius 2 is 1.62 bits per heavy atom. The molecule has 0 spiro atoms. The van der Waals surface area contributed by atoms with Crippen LogP contribution < -0.4 is 9.47 Å². The summed E-state index contributed by atoms with van der Waals surface area (Å²) in [6.07, 6.45) is 0. The van der Waals surface area contributed by atoms with Crippen LogP contribution in [-0.2, 0) is 4.74 Å². The number of carbonyl (C=O) groups is 2. The lowest BCUT2D eigenvalue weighted by molar-refractivity contribution is 0.0468. The summed E-state index contributed by atoms with van der Waals surface area (Å²) in [6.45, 7) is -0.486. The highest BCUT2D eigenvalue weighted by Crippen LogP contribution is 2.29. The molecule has 2 rings (SSSR count). The molecule has 0 aliphatic heterocycles. The van der Waals surface area contributed by atoms with Crippen molar-refractivity contribution in [2.24, 2.45) is 0 Å². The standard InChI is InChI=1S/C17H14Cl2O5/c1-22-14-4-3-5-15(23-2)16(14)17(21)24-9-13(20)11-8-10(18)6-7-12(11)19/h3-8H,9H2,1-2H3. The molecular weight excluding hydrogens is 355 g/mol. The molecule has 0 amide bonds. The number of carbonyl (C=O) groups excluding carboxylic acids is 2. The number of Topliss-reactive ketones (excluding diaryl/α,β-unsaturated/α-hetero) is 1. The molecule has 2 aromatic carbocycles. The number of ketones is 1. The van der Waals surface area contributed by atoms with Gasteiger partial charge in [-0.25, -0.2) is 4.79 Å². The quantitative estimate of drug-likeness (QED) is 0.568. The third-order valence-electron chi connectivity index (χ3n) is 3.20. The highest BCUT2D eigenvalue weighted by Gasteiger charge is 2.21. The number of hydrogen-bond donors (Lipinski definition) is 0. The molecule has 0 heterocycles. The molecule has 0 aliphatic carbocycles. The first-order valence-electron chi connectivity index (χ1n) is 6.84. The van der Waals surface area contributed by atoms with Gasteiger partial charge in [-0.15, -0.1) is 0 Å². The molecule has 126 valence electrons. The molecule has 2 aromatic rings. The molecule has 0 radical (unpaired) electrons. The number of hydrogen-bond acceptors (Lipinski definition) is 5. The van der Waals surface area contributed by atoms with Crippen LogP contribution in [0.15, 0.2) is 36.4 Å². The van der Waals surface area contributed by atoms with E-state index in [2.05, 4.69) is 0 Å². The van der Waals surface area contributed by atoms with Crippen LogP contribution in [0.1, 0.15) is 20.7 Å². The van der Waals surface area contributed by atoms with Crippen LogP contribution in [0.2, 0.25) is 10.0 Å². The third kappa shape index (κ3) is 3.99. The van der Waals surface area contributed by atoms with Gasteiger partial charge in [0.1, 0.15) is 17.1 Å². The third-order valence-corrected chi connectivity index (χ3v) is 3.76. The highest BCUT2D eigenvalue weighted by atomic mass is 35.5. The van der Waals surface area contributed by atoms with Crippen LogP contribution in [0.4, 0.5) is 0 Å². The van der Waals surface area contributed by atoms with Crippen LogP contribution in [0.25, 0.3) is 0 Å². The summed E-state index contributed by atoms with van der Waals surface area (Å²) in [5, 5.41) is 0.593. The maximum atomic E-state index is 12.3. The van der Waals surface area contributed by atoms with Gasteiger partial charge in [-0.2, -0.15) is 0 Å². The van der Waals surface area contributed by atoms with Crippen LogP contribution in [-0.4, -0.2) is 32.6 Å². The van der Waals surface area contributed by atoms with Crippen LogP contribution >= 0.6 is 23.2 Å². The van der Waals surface area contributed by atoms with E-state index in [4.69, 9.17) is 37.4 Å². The van der Waals surface area contributed by atoms with Crippen molar-refractivity contribution in [3.05, 3.63) is 57.6 Å². The van der Waals surface area contributed by atoms with E-state index in [0.717, 1.165) is 0 Å². The number of ether oxygens (including phenoxy) is 3. The summed E-state index contributed by atoms with van der Waals surface area (Å²) in [7, 11) is 2.84. The molecule has 0 unspecified atom stereocenters. The molecular formula is C17H14Cl2O5. The first-order valence-corrected chi connectivity index (χ1v) is 7.60. The summed E-state index contributed by atoms with van der Waals surface area (Å²) >= 11 is 11.8. The van der Waals surface area contributed by atoms with Gasteiger partial charge in [-0.3, -0.25) is 4.79 Å². The van der Waals surface area contributed by atoms with E-state index < -0.39 is 18.4 Å². The van der Waals surface area contributed by atoms with Crippen molar-refractivity contribution in [2.75, 3.05) is 20.8 Å². The van der Waals surface area contributed by atoms with E-state index in [1.807, 2.05) is 0 Å². The van der Waals surface area contributed by atoms with Gasteiger partial charge < -0.3 is 14.2 Å². The molecule has 0 bridgehead atoms. The van der Waals surface area contributed by atoms with Gasteiger partial charge in [0.15, 0.2) is 6.61 Å². The Balaban J connectivity index is 2.16. The predicted molar refractivity (Wildman–Crippen MR) is 90.6 cm³/mol. The Bertz CT molecular complexity index is 751. The zero-order chi connectivity index (χ0) is 17.7. The Morgan fingerprint density at radius 1 is 1.00 bits per heavy atom. The van der Waals surface area contributed by atoms with Crippen LogP contribution in [0.5, 0.6) is 11.5 Å². The molecule has 0 saturated carbocycles. The zero-order valence-electron chi connectivity index (χ0n) is 13.0. The van der Waals surface area contributed by atoms with Crippen molar-refractivity contribution in [1.82, 2.24) is 0 Å². The van der Waals surface area contributed by atoms with E-state index in [1.165, 1.54) is 26.4 Å². The second kappa shape index (κ2) is 8.04. The molecule has 24 heavy (non-hydrogen) atoms. The smallest absolute Gasteiger partial charge is 0.346 e. The van der Waals surface area contributed by atoms with Gasteiger partial charge in [-0.05, 0) is 30.3 Å². The number of methoxy groups -OCH3 is 2. The SMILES string of the molecule is COc1cccc(OC)c1C(=O)OCC(=O)c1cc(Cl)ccc1Cl. The highest BCUT2D eigenvalue weighted by molar-refractivity contribution is 6.36. The van der Waals surface area contributed by atoms with Crippen molar-refractivity contribution < 1.29 is 23.8 Å². The lowest BCUT2D eigenvalue weighted by Crippen LogP contribution is -2.16. The minimum absolute atomic E-state index is 0.104. The fourth-order valence-corrected chi connectivity index (χ4v) is 2.44. The van der Waals surface area contributed by atoms with E-state index in [1.54, 1.807) is 24.3 Å². The monoisotopic (exact) mass is 368 g/mol. The molecule has 0 aliphatic rings. The minimum Gasteiger partial charge on any atom is -0.496 e. The predicted octanol–water partition coefficient (Wildman–Crippen LogP) is 4.05. The van der Waals surface area contributed by atoms with Crippen molar-refractivity contribution >= 4 is 35.0 Å². The summed E-state index contributed by atoms with van der Waals surface area (Å²) in [6, 6.07) is 9.34. The summed E-state index contributed by atoms with van der Waals surface area (Å²) < 4.78 is 15.3. The van der Waals surface area contributed by atoms with E-state index >= 15 is 0 Å². The van der Waals surface area contributed by atoms with Crippen LogP contribution in [0.3, 0.4) is 0 Å². The molecule has 0 aromatic heterocycles. The molecule has 0 fully saturated rings. The van der Waals surface area contributed by atoms with E-state index in [-0.39, 0.29) is 27.6 Å². The van der Waals surface area contributed by atoms with Gasteiger partial charge in [-0.1, -0.05) is 29.3 Å². The zero-order valence-corrected chi connectivity index (χ0v) is 14.5. The lowest BCUT2D eigenvalue weighted by atomic mass is 10.1. The van der Waals surface area contributed by atoms with Gasteiger partial charge in [0.25, 0.3) is 0 Å². The largest absolute Gasteiger partial charge is 0.496 e. The topological polar surface area (TPSA) is 61.8 Å². The number of halogens is 2. The second-order valence-electron chi connectivity index (χ2n) is 4.66. The second-order valence-corrected chi connectivity index (χ2v) is 5.50. The Kier molecular flexibility index (Phi) is 6.06. The van der Waals surface area contributed by atoms with Crippen molar-refractivity contribution in [1.29, 1.82) is 0 Å².